The molecule has 0 aromatic heterocycles. The first-order chi connectivity index (χ1) is 8.47. The van der Waals surface area contributed by atoms with Gasteiger partial charge in [-0.2, -0.15) is 0 Å². The maximum absolute atomic E-state index is 11.5. The number of hydrogen-bond acceptors (Lipinski definition) is 3. The number of aliphatic imine (C=N–C) groups is 1. The first-order valence-electron chi connectivity index (χ1n) is 4.82. The zero-order chi connectivity index (χ0) is 13.3. The molecule has 7 heteroatoms. The second-order valence-electron chi connectivity index (χ2n) is 3.46. The van der Waals surface area contributed by atoms with Crippen molar-refractivity contribution in [1.29, 1.82) is 0 Å². The summed E-state index contributed by atoms with van der Waals surface area (Å²) >= 11 is 9.63. The third-order valence-electron chi connectivity index (χ3n) is 2.15. The van der Waals surface area contributed by atoms with Crippen molar-refractivity contribution in [2.75, 3.05) is 0 Å². The van der Waals surface area contributed by atoms with Gasteiger partial charge < -0.3 is 5.11 Å². The number of benzene rings is 1. The molecule has 0 atom stereocenters. The van der Waals surface area contributed by atoms with Crippen LogP contribution in [0.4, 0.5) is 5.69 Å². The number of carbonyl (C=O) groups excluding carboxylic acids is 1. The van der Waals surface area contributed by atoms with Crippen molar-refractivity contribution in [1.82, 2.24) is 0 Å². The summed E-state index contributed by atoms with van der Waals surface area (Å²) in [7, 11) is 0. The van der Waals surface area contributed by atoms with Crippen LogP contribution in [0.25, 0.3) is 0 Å². The van der Waals surface area contributed by atoms with E-state index in [2.05, 4.69) is 52.8 Å². The molecule has 0 radical (unpaired) electrons. The zero-order valence-corrected chi connectivity index (χ0v) is 16.5. The molecule has 2 rings (SSSR count). The van der Waals surface area contributed by atoms with Crippen LogP contribution in [0.2, 0.25) is 0 Å². The van der Waals surface area contributed by atoms with E-state index in [1.165, 1.54) is 12.1 Å². The molecule has 0 saturated carbocycles. The molecule has 0 amide bonds. The van der Waals surface area contributed by atoms with Gasteiger partial charge in [-0.05, 0) is 66.0 Å². The van der Waals surface area contributed by atoms with Crippen LogP contribution >= 0.6 is 47.8 Å². The third kappa shape index (κ3) is 4.37. The predicted molar refractivity (Wildman–Crippen MR) is 79.7 cm³/mol. The number of allylic oxidation sites excluding steroid dienone is 4. The van der Waals surface area contributed by atoms with Gasteiger partial charge in [0.1, 0.15) is 0 Å². The standard InChI is InChI=1S/C12H6Br3NO2.Na/c13-8-5-7(17)1-2-11(8)16-6-3-9(14)12(18)10(15)4-6;/h1-5,17H;/q;+1/p-1. The van der Waals surface area contributed by atoms with Crippen molar-refractivity contribution in [2.45, 2.75) is 0 Å². The van der Waals surface area contributed by atoms with Crippen molar-refractivity contribution < 1.29 is 39.5 Å². The van der Waals surface area contributed by atoms with Gasteiger partial charge in [0.25, 0.3) is 0 Å². The Bertz CT molecular complexity index is 599. The SMILES string of the molecule is O=C1C(Br)=CC(=Nc2ccc([O-])cc2Br)C=C1Br.[Na+]. The molecule has 3 nitrogen and oxygen atoms in total. The fraction of sp³-hybridized carbons (Fsp3) is 0. The topological polar surface area (TPSA) is 52.5 Å². The molecular weight excluding hydrogens is 453 g/mol. The first-order valence-corrected chi connectivity index (χ1v) is 7.19. The molecule has 0 N–H and O–H groups in total. The molecule has 1 aromatic rings. The summed E-state index contributed by atoms with van der Waals surface area (Å²) in [4.78, 5) is 15.9. The number of rotatable bonds is 1. The molecule has 1 aliphatic rings. The summed E-state index contributed by atoms with van der Waals surface area (Å²) < 4.78 is 1.49. The molecule has 0 spiro atoms. The number of hydrogen-bond donors (Lipinski definition) is 0. The number of ketones is 1. The smallest absolute Gasteiger partial charge is 0.872 e. The molecule has 0 bridgehead atoms. The van der Waals surface area contributed by atoms with Crippen LogP contribution in [0.15, 0.2) is 48.8 Å². The average molecular weight is 458 g/mol. The number of carbonyl (C=O) groups is 1. The minimum Gasteiger partial charge on any atom is -0.872 e. The van der Waals surface area contributed by atoms with Gasteiger partial charge in [-0.3, -0.25) is 4.79 Å². The van der Waals surface area contributed by atoms with Gasteiger partial charge in [0.05, 0.1) is 20.4 Å². The minimum atomic E-state index is -0.122. The second-order valence-corrected chi connectivity index (χ2v) is 6.03. The second kappa shape index (κ2) is 7.33. The van der Waals surface area contributed by atoms with E-state index in [0.717, 1.165) is 0 Å². The van der Waals surface area contributed by atoms with E-state index < -0.39 is 0 Å². The Kier molecular flexibility index (Phi) is 6.69. The Morgan fingerprint density at radius 1 is 1.05 bits per heavy atom. The molecule has 1 aliphatic carbocycles. The Morgan fingerprint density at radius 3 is 2.16 bits per heavy atom. The van der Waals surface area contributed by atoms with Gasteiger partial charge in [0, 0.05) is 4.47 Å². The molecular formula is C12H5Br3NNaO2. The summed E-state index contributed by atoms with van der Waals surface area (Å²) in [6.07, 6.45) is 3.26. The summed E-state index contributed by atoms with van der Waals surface area (Å²) in [5, 5.41) is 11.1. The van der Waals surface area contributed by atoms with Crippen molar-refractivity contribution in [3.05, 3.63) is 43.8 Å². The number of nitrogens with zero attached hydrogens (tertiary/aromatic N) is 1. The normalized spacial score (nSPS) is 14.5. The molecule has 19 heavy (non-hydrogen) atoms. The van der Waals surface area contributed by atoms with Gasteiger partial charge >= 0.3 is 29.6 Å². The van der Waals surface area contributed by atoms with Crippen LogP contribution in [0.5, 0.6) is 5.75 Å². The monoisotopic (exact) mass is 455 g/mol. The van der Waals surface area contributed by atoms with Crippen LogP contribution in [-0.4, -0.2) is 11.5 Å². The van der Waals surface area contributed by atoms with E-state index in [4.69, 9.17) is 0 Å². The Morgan fingerprint density at radius 2 is 1.63 bits per heavy atom. The Labute approximate surface area is 157 Å². The maximum atomic E-state index is 11.5. The summed E-state index contributed by atoms with van der Waals surface area (Å²) in [6, 6.07) is 4.51. The Hall–Kier alpha value is 0.280. The number of halogens is 3. The first kappa shape index (κ1) is 17.3. The van der Waals surface area contributed by atoms with Crippen LogP contribution in [-0.2, 0) is 4.79 Å². The predicted octanol–water partition coefficient (Wildman–Crippen LogP) is 0.739. The quantitative estimate of drug-likeness (QED) is 0.461. The fourth-order valence-electron chi connectivity index (χ4n) is 1.33. The van der Waals surface area contributed by atoms with Crippen LogP contribution in [0, 0.1) is 0 Å². The van der Waals surface area contributed by atoms with Gasteiger partial charge in [0.2, 0.25) is 5.78 Å². The van der Waals surface area contributed by atoms with E-state index in [9.17, 15) is 9.90 Å². The third-order valence-corrected chi connectivity index (χ3v) is 3.96. The van der Waals surface area contributed by atoms with Gasteiger partial charge in [-0.1, -0.05) is 12.1 Å². The van der Waals surface area contributed by atoms with E-state index in [1.807, 2.05) is 0 Å². The molecule has 92 valence electrons. The van der Waals surface area contributed by atoms with Crippen LogP contribution in [0.1, 0.15) is 0 Å². The van der Waals surface area contributed by atoms with Crippen LogP contribution in [0.3, 0.4) is 0 Å². The van der Waals surface area contributed by atoms with Gasteiger partial charge in [-0.15, -0.1) is 5.75 Å². The molecule has 0 aliphatic heterocycles. The van der Waals surface area contributed by atoms with Crippen molar-refractivity contribution >= 4 is 65.0 Å². The van der Waals surface area contributed by atoms with Crippen LogP contribution < -0.4 is 34.7 Å². The minimum absolute atomic E-state index is 0. The molecule has 1 aromatic carbocycles. The molecule has 0 saturated heterocycles. The summed E-state index contributed by atoms with van der Waals surface area (Å²) in [5.74, 6) is -0.207. The van der Waals surface area contributed by atoms with E-state index in [-0.39, 0.29) is 41.1 Å². The van der Waals surface area contributed by atoms with E-state index in [0.29, 0.717) is 24.8 Å². The number of Topliss-reactive ketones (excluding diaryl/α,β-unsaturated/α-hetero) is 1. The fourth-order valence-corrected chi connectivity index (χ4v) is 2.94. The zero-order valence-electron chi connectivity index (χ0n) is 9.78. The average Bonchev–Trinajstić information content (AvgIpc) is 2.29. The van der Waals surface area contributed by atoms with E-state index >= 15 is 0 Å². The largest absolute Gasteiger partial charge is 1.00 e. The molecule has 0 fully saturated rings. The van der Waals surface area contributed by atoms with Gasteiger partial charge in [-0.25, -0.2) is 4.99 Å². The van der Waals surface area contributed by atoms with E-state index in [1.54, 1.807) is 18.2 Å². The Balaban J connectivity index is 0.00000180. The van der Waals surface area contributed by atoms with Crippen molar-refractivity contribution in [3.8, 4) is 5.75 Å². The molecule has 0 heterocycles. The van der Waals surface area contributed by atoms with Crippen molar-refractivity contribution in [3.63, 3.8) is 0 Å². The summed E-state index contributed by atoms with van der Waals surface area (Å²) in [6.45, 7) is 0. The van der Waals surface area contributed by atoms with Gasteiger partial charge in [0.15, 0.2) is 0 Å². The summed E-state index contributed by atoms with van der Waals surface area (Å²) in [5.41, 5.74) is 1.25. The van der Waals surface area contributed by atoms with Crippen molar-refractivity contribution in [2.24, 2.45) is 4.99 Å². The maximum Gasteiger partial charge on any atom is 1.00 e. The molecule has 0 unspecified atom stereocenters.